The summed E-state index contributed by atoms with van der Waals surface area (Å²) in [7, 11) is 1.98. The molecule has 0 radical (unpaired) electrons. The number of amides is 1. The molecule has 3 atom stereocenters. The summed E-state index contributed by atoms with van der Waals surface area (Å²) < 4.78 is 6.39. The Hall–Kier alpha value is -3.75. The molecule has 4 rings (SSSR count). The third kappa shape index (κ3) is 6.15. The number of hydrogen-bond donors (Lipinski definition) is 2. The lowest BCUT2D eigenvalue weighted by Crippen LogP contribution is -2.49. The number of hydrogen-bond acceptors (Lipinski definition) is 6. The Kier molecular flexibility index (Phi) is 8.21. The number of aliphatic hydroxyl groups is 1. The van der Waals surface area contributed by atoms with E-state index < -0.39 is 5.97 Å². The van der Waals surface area contributed by atoms with Crippen LogP contribution in [0.25, 0.3) is 11.1 Å². The summed E-state index contributed by atoms with van der Waals surface area (Å²) in [6.07, 6.45) is 1.46. The molecule has 1 amide bonds. The molecule has 0 fully saturated rings. The molecule has 194 valence electrons. The molecule has 1 aliphatic heterocycles. The van der Waals surface area contributed by atoms with Crippen LogP contribution in [0.5, 0.6) is 5.88 Å². The number of aliphatic hydroxyl groups excluding tert-OH is 1. The van der Waals surface area contributed by atoms with Gasteiger partial charge < -0.3 is 19.8 Å². The van der Waals surface area contributed by atoms with Crippen molar-refractivity contribution in [3.63, 3.8) is 0 Å². The van der Waals surface area contributed by atoms with Crippen LogP contribution in [-0.2, 0) is 6.54 Å². The van der Waals surface area contributed by atoms with E-state index in [1.807, 2.05) is 69.4 Å². The van der Waals surface area contributed by atoms with E-state index in [0.29, 0.717) is 25.2 Å². The Morgan fingerprint density at radius 1 is 1.16 bits per heavy atom. The predicted octanol–water partition coefficient (Wildman–Crippen LogP) is 3.80. The van der Waals surface area contributed by atoms with Gasteiger partial charge in [0.15, 0.2) is 0 Å². The minimum absolute atomic E-state index is 0.0291. The van der Waals surface area contributed by atoms with Crippen molar-refractivity contribution in [1.82, 2.24) is 14.8 Å². The lowest BCUT2D eigenvalue weighted by molar-refractivity contribution is 0.0325. The first-order valence-corrected chi connectivity index (χ1v) is 12.4. The average Bonchev–Trinajstić information content (AvgIpc) is 2.90. The van der Waals surface area contributed by atoms with Crippen LogP contribution < -0.4 is 4.74 Å². The molecule has 0 bridgehead atoms. The molecule has 2 aromatic carbocycles. The first kappa shape index (κ1) is 26.3. The maximum Gasteiger partial charge on any atom is 0.335 e. The van der Waals surface area contributed by atoms with Crippen molar-refractivity contribution in [2.75, 3.05) is 26.7 Å². The van der Waals surface area contributed by atoms with Gasteiger partial charge in [0.05, 0.1) is 18.2 Å². The number of aromatic carboxylic acids is 1. The number of aromatic nitrogens is 1. The van der Waals surface area contributed by atoms with E-state index >= 15 is 0 Å². The van der Waals surface area contributed by atoms with E-state index in [-0.39, 0.29) is 42.0 Å². The summed E-state index contributed by atoms with van der Waals surface area (Å²) in [6, 6.07) is 18.0. The zero-order valence-corrected chi connectivity index (χ0v) is 21.4. The minimum atomic E-state index is -0.950. The first-order valence-electron chi connectivity index (χ1n) is 12.4. The minimum Gasteiger partial charge on any atom is -0.478 e. The summed E-state index contributed by atoms with van der Waals surface area (Å²) in [6.45, 7) is 5.34. The van der Waals surface area contributed by atoms with E-state index in [0.717, 1.165) is 16.7 Å². The second-order valence-electron chi connectivity index (χ2n) is 9.76. The number of ether oxygens (including phenoxy) is 1. The van der Waals surface area contributed by atoms with Crippen molar-refractivity contribution in [3.05, 3.63) is 83.6 Å². The van der Waals surface area contributed by atoms with Crippen LogP contribution in [0.2, 0.25) is 0 Å². The number of carboxylic acids is 1. The molecular weight excluding hydrogens is 470 g/mol. The first-order chi connectivity index (χ1) is 17.8. The number of benzene rings is 2. The monoisotopic (exact) mass is 503 g/mol. The van der Waals surface area contributed by atoms with Crippen molar-refractivity contribution >= 4 is 11.9 Å². The number of carboxylic acid groups (broad SMARTS) is 1. The topological polar surface area (TPSA) is 103 Å². The number of rotatable bonds is 8. The van der Waals surface area contributed by atoms with Crippen LogP contribution in [0.4, 0.5) is 0 Å². The standard InChI is InChI=1S/C29H33N3O5/c1-19-15-32(20(2)18-33)28(34)25-13-24(22-7-5-4-6-8-22)14-30-27(25)37-26(19)17-31(3)16-21-9-11-23(12-10-21)29(35)36/h4-14,19-20,26,33H,15-18H2,1-3H3,(H,35,36)/t19-,20-,26+/m0/s1. The molecule has 8 nitrogen and oxygen atoms in total. The maximum absolute atomic E-state index is 13.6. The second kappa shape index (κ2) is 11.5. The Morgan fingerprint density at radius 2 is 1.86 bits per heavy atom. The van der Waals surface area contributed by atoms with Crippen molar-refractivity contribution in [2.24, 2.45) is 5.92 Å². The van der Waals surface area contributed by atoms with Gasteiger partial charge in [0.25, 0.3) is 5.91 Å². The molecule has 0 unspecified atom stereocenters. The molecule has 2 N–H and O–H groups in total. The zero-order chi connectivity index (χ0) is 26.5. The number of likely N-dealkylation sites (N-methyl/N-ethyl adjacent to an activating group) is 1. The van der Waals surface area contributed by atoms with E-state index in [1.54, 1.807) is 23.2 Å². The molecular formula is C29H33N3O5. The fraction of sp³-hybridized carbons (Fsp3) is 0.345. The van der Waals surface area contributed by atoms with Crippen LogP contribution in [0.15, 0.2) is 66.9 Å². The molecule has 3 aromatic rings. The number of nitrogens with zero attached hydrogens (tertiary/aromatic N) is 3. The summed E-state index contributed by atoms with van der Waals surface area (Å²) >= 11 is 0. The molecule has 1 aliphatic rings. The highest BCUT2D eigenvalue weighted by molar-refractivity contribution is 5.98. The van der Waals surface area contributed by atoms with Gasteiger partial charge in [0, 0.05) is 37.3 Å². The Labute approximate surface area is 217 Å². The van der Waals surface area contributed by atoms with Crippen molar-refractivity contribution in [1.29, 1.82) is 0 Å². The van der Waals surface area contributed by atoms with Crippen LogP contribution in [0.3, 0.4) is 0 Å². The van der Waals surface area contributed by atoms with Gasteiger partial charge in [-0.2, -0.15) is 0 Å². The highest BCUT2D eigenvalue weighted by atomic mass is 16.5. The molecule has 0 saturated carbocycles. The lowest BCUT2D eigenvalue weighted by atomic mass is 9.99. The van der Waals surface area contributed by atoms with Crippen molar-refractivity contribution in [2.45, 2.75) is 32.5 Å². The Morgan fingerprint density at radius 3 is 2.51 bits per heavy atom. The number of fused-ring (bicyclic) bond motifs is 1. The van der Waals surface area contributed by atoms with Gasteiger partial charge in [-0.05, 0) is 43.3 Å². The summed E-state index contributed by atoms with van der Waals surface area (Å²) in [5.74, 6) is -0.900. The van der Waals surface area contributed by atoms with Crippen LogP contribution >= 0.6 is 0 Å². The van der Waals surface area contributed by atoms with Crippen LogP contribution in [0.1, 0.15) is 40.1 Å². The van der Waals surface area contributed by atoms with Gasteiger partial charge in [-0.15, -0.1) is 0 Å². The number of carbonyl (C=O) groups is 2. The molecule has 0 saturated heterocycles. The molecule has 37 heavy (non-hydrogen) atoms. The molecule has 0 aliphatic carbocycles. The van der Waals surface area contributed by atoms with Crippen LogP contribution in [0, 0.1) is 5.92 Å². The highest BCUT2D eigenvalue weighted by Crippen LogP contribution is 2.30. The van der Waals surface area contributed by atoms with E-state index in [4.69, 9.17) is 9.84 Å². The SMILES string of the molecule is C[C@H]1CN([C@@H](C)CO)C(=O)c2cc(-c3ccccc3)cnc2O[C@@H]1CN(C)Cc1ccc(C(=O)O)cc1. The zero-order valence-electron chi connectivity index (χ0n) is 21.4. The highest BCUT2D eigenvalue weighted by Gasteiger charge is 2.34. The van der Waals surface area contributed by atoms with Gasteiger partial charge in [-0.25, -0.2) is 9.78 Å². The van der Waals surface area contributed by atoms with E-state index in [2.05, 4.69) is 9.88 Å². The average molecular weight is 504 g/mol. The fourth-order valence-electron chi connectivity index (χ4n) is 4.54. The normalized spacial score (nSPS) is 18.5. The van der Waals surface area contributed by atoms with E-state index in [1.165, 1.54) is 0 Å². The van der Waals surface area contributed by atoms with Crippen molar-refractivity contribution < 1.29 is 24.5 Å². The quantitative estimate of drug-likeness (QED) is 0.482. The Balaban J connectivity index is 1.60. The van der Waals surface area contributed by atoms with Crippen LogP contribution in [-0.4, -0.2) is 75.8 Å². The number of pyridine rings is 1. The molecule has 1 aromatic heterocycles. The van der Waals surface area contributed by atoms with Gasteiger partial charge in [-0.3, -0.25) is 9.69 Å². The van der Waals surface area contributed by atoms with E-state index in [9.17, 15) is 14.7 Å². The maximum atomic E-state index is 13.6. The van der Waals surface area contributed by atoms with Gasteiger partial charge >= 0.3 is 5.97 Å². The molecule has 0 spiro atoms. The summed E-state index contributed by atoms with van der Waals surface area (Å²) in [5.41, 5.74) is 3.39. The third-order valence-corrected chi connectivity index (χ3v) is 6.77. The molecule has 2 heterocycles. The summed E-state index contributed by atoms with van der Waals surface area (Å²) in [5, 5.41) is 19.0. The molecule has 8 heteroatoms. The number of carbonyl (C=O) groups excluding carboxylic acids is 1. The lowest BCUT2D eigenvalue weighted by Gasteiger charge is -2.37. The Bertz CT molecular complexity index is 1230. The largest absolute Gasteiger partial charge is 0.478 e. The van der Waals surface area contributed by atoms with Crippen molar-refractivity contribution in [3.8, 4) is 17.0 Å². The second-order valence-corrected chi connectivity index (χ2v) is 9.76. The third-order valence-electron chi connectivity index (χ3n) is 6.77. The summed E-state index contributed by atoms with van der Waals surface area (Å²) in [4.78, 5) is 33.1. The van der Waals surface area contributed by atoms with Gasteiger partial charge in [0.2, 0.25) is 5.88 Å². The van der Waals surface area contributed by atoms with Gasteiger partial charge in [-0.1, -0.05) is 49.4 Å². The van der Waals surface area contributed by atoms with Gasteiger partial charge in [0.1, 0.15) is 11.7 Å². The predicted molar refractivity (Wildman–Crippen MR) is 141 cm³/mol. The fourth-order valence-corrected chi connectivity index (χ4v) is 4.54. The smallest absolute Gasteiger partial charge is 0.335 e.